The van der Waals surface area contributed by atoms with Crippen molar-refractivity contribution in [3.8, 4) is 0 Å². The zero-order chi connectivity index (χ0) is 15.5. The average Bonchev–Trinajstić information content (AvgIpc) is 2.98. The van der Waals surface area contributed by atoms with Gasteiger partial charge in [-0.2, -0.15) is 0 Å². The second kappa shape index (κ2) is 6.67. The molecule has 22 heavy (non-hydrogen) atoms. The highest BCUT2D eigenvalue weighted by Gasteiger charge is 2.30. The Morgan fingerprint density at radius 3 is 2.55 bits per heavy atom. The first-order valence-corrected chi connectivity index (χ1v) is 7.70. The second-order valence-corrected chi connectivity index (χ2v) is 6.05. The predicted octanol–water partition coefficient (Wildman–Crippen LogP) is 3.54. The SMILES string of the molecule is O=C(Nc1cccc(Cl)c1)C1CC(c2ccc(Cl)cc2)NN1. The standard InChI is InChI=1S/C16H15Cl2N3O/c17-11-6-4-10(5-7-11)14-9-15(21-20-14)16(22)19-13-3-1-2-12(18)8-13/h1-8,14-15,20-21H,9H2,(H,19,22). The van der Waals surface area contributed by atoms with E-state index in [9.17, 15) is 4.79 Å². The Kier molecular flexibility index (Phi) is 4.64. The smallest absolute Gasteiger partial charge is 0.242 e. The highest BCUT2D eigenvalue weighted by molar-refractivity contribution is 6.31. The first kappa shape index (κ1) is 15.3. The number of hydrazine groups is 1. The molecule has 2 atom stereocenters. The van der Waals surface area contributed by atoms with Crippen molar-refractivity contribution in [2.45, 2.75) is 18.5 Å². The summed E-state index contributed by atoms with van der Waals surface area (Å²) in [6.07, 6.45) is 0.661. The van der Waals surface area contributed by atoms with E-state index in [1.165, 1.54) is 0 Å². The molecule has 4 nitrogen and oxygen atoms in total. The van der Waals surface area contributed by atoms with Crippen molar-refractivity contribution >= 4 is 34.8 Å². The normalized spacial score (nSPS) is 20.8. The fraction of sp³-hybridized carbons (Fsp3) is 0.188. The van der Waals surface area contributed by atoms with Crippen LogP contribution in [0.25, 0.3) is 0 Å². The maximum absolute atomic E-state index is 12.3. The molecule has 0 radical (unpaired) electrons. The predicted molar refractivity (Wildman–Crippen MR) is 89.0 cm³/mol. The Balaban J connectivity index is 1.62. The van der Waals surface area contributed by atoms with Crippen LogP contribution in [-0.2, 0) is 4.79 Å². The van der Waals surface area contributed by atoms with E-state index >= 15 is 0 Å². The van der Waals surface area contributed by atoms with Crippen LogP contribution < -0.4 is 16.2 Å². The molecule has 1 amide bonds. The lowest BCUT2D eigenvalue weighted by Crippen LogP contribution is -2.39. The van der Waals surface area contributed by atoms with Crippen LogP contribution in [0.2, 0.25) is 10.0 Å². The summed E-state index contributed by atoms with van der Waals surface area (Å²) in [6.45, 7) is 0. The van der Waals surface area contributed by atoms with Crippen LogP contribution in [0.15, 0.2) is 48.5 Å². The molecule has 0 bridgehead atoms. The van der Waals surface area contributed by atoms with Crippen molar-refractivity contribution in [1.82, 2.24) is 10.9 Å². The molecule has 1 heterocycles. The van der Waals surface area contributed by atoms with E-state index in [1.54, 1.807) is 18.2 Å². The van der Waals surface area contributed by atoms with E-state index in [2.05, 4.69) is 16.2 Å². The molecule has 2 aromatic rings. The van der Waals surface area contributed by atoms with Crippen molar-refractivity contribution < 1.29 is 4.79 Å². The molecule has 1 aliphatic heterocycles. The molecule has 2 unspecified atom stereocenters. The van der Waals surface area contributed by atoms with Gasteiger partial charge in [-0.1, -0.05) is 41.4 Å². The average molecular weight is 336 g/mol. The highest BCUT2D eigenvalue weighted by atomic mass is 35.5. The van der Waals surface area contributed by atoms with Crippen molar-refractivity contribution in [2.75, 3.05) is 5.32 Å². The monoisotopic (exact) mass is 335 g/mol. The van der Waals surface area contributed by atoms with E-state index in [1.807, 2.05) is 30.3 Å². The Bertz CT molecular complexity index is 675. The van der Waals surface area contributed by atoms with Crippen LogP contribution in [0.1, 0.15) is 18.0 Å². The van der Waals surface area contributed by atoms with Crippen LogP contribution in [0.4, 0.5) is 5.69 Å². The number of hydrogen-bond acceptors (Lipinski definition) is 3. The molecule has 1 aliphatic rings. The molecule has 0 aliphatic carbocycles. The van der Waals surface area contributed by atoms with Crippen LogP contribution in [0.5, 0.6) is 0 Å². The summed E-state index contributed by atoms with van der Waals surface area (Å²) in [6, 6.07) is 14.5. The first-order chi connectivity index (χ1) is 10.6. The summed E-state index contributed by atoms with van der Waals surface area (Å²) in [5, 5.41) is 4.15. The third-order valence-electron chi connectivity index (χ3n) is 3.58. The van der Waals surface area contributed by atoms with E-state index in [0.717, 1.165) is 5.56 Å². The summed E-state index contributed by atoms with van der Waals surface area (Å²) >= 11 is 11.8. The molecule has 0 spiro atoms. The Labute approximate surface area is 138 Å². The van der Waals surface area contributed by atoms with E-state index < -0.39 is 0 Å². The molecular formula is C16H15Cl2N3O. The number of hydrogen-bond donors (Lipinski definition) is 3. The third-order valence-corrected chi connectivity index (χ3v) is 4.07. The molecule has 114 valence electrons. The largest absolute Gasteiger partial charge is 0.325 e. The molecular weight excluding hydrogens is 321 g/mol. The highest BCUT2D eigenvalue weighted by Crippen LogP contribution is 2.24. The molecule has 6 heteroatoms. The lowest BCUT2D eigenvalue weighted by Gasteiger charge is -2.11. The van der Waals surface area contributed by atoms with Crippen molar-refractivity contribution in [3.63, 3.8) is 0 Å². The lowest BCUT2D eigenvalue weighted by atomic mass is 10.0. The quantitative estimate of drug-likeness (QED) is 0.804. The molecule has 1 saturated heterocycles. The number of carbonyl (C=O) groups is 1. The van der Waals surface area contributed by atoms with Crippen molar-refractivity contribution in [3.05, 3.63) is 64.1 Å². The number of rotatable bonds is 3. The van der Waals surface area contributed by atoms with Crippen LogP contribution in [0.3, 0.4) is 0 Å². The molecule has 0 saturated carbocycles. The number of nitrogens with one attached hydrogen (secondary N) is 3. The third kappa shape index (κ3) is 3.59. The molecule has 1 fully saturated rings. The maximum atomic E-state index is 12.3. The van der Waals surface area contributed by atoms with Crippen LogP contribution in [-0.4, -0.2) is 11.9 Å². The number of anilines is 1. The zero-order valence-electron chi connectivity index (χ0n) is 11.6. The summed E-state index contributed by atoms with van der Waals surface area (Å²) in [7, 11) is 0. The Morgan fingerprint density at radius 2 is 1.82 bits per heavy atom. The van der Waals surface area contributed by atoms with Gasteiger partial charge in [-0.3, -0.25) is 4.79 Å². The molecule has 0 aromatic heterocycles. The van der Waals surface area contributed by atoms with Gasteiger partial charge in [0.15, 0.2) is 0 Å². The van der Waals surface area contributed by atoms with Gasteiger partial charge < -0.3 is 5.32 Å². The topological polar surface area (TPSA) is 53.2 Å². The molecule has 3 rings (SSSR count). The number of halogens is 2. The van der Waals surface area contributed by atoms with Gasteiger partial charge in [0.25, 0.3) is 0 Å². The van der Waals surface area contributed by atoms with Crippen molar-refractivity contribution in [1.29, 1.82) is 0 Å². The fourth-order valence-corrected chi connectivity index (χ4v) is 2.75. The second-order valence-electron chi connectivity index (χ2n) is 5.18. The summed E-state index contributed by atoms with van der Waals surface area (Å²) < 4.78 is 0. The van der Waals surface area contributed by atoms with Gasteiger partial charge in [0.05, 0.1) is 0 Å². The number of amides is 1. The Hall–Kier alpha value is -1.59. The first-order valence-electron chi connectivity index (χ1n) is 6.95. The minimum absolute atomic E-state index is 0.0763. The van der Waals surface area contributed by atoms with Gasteiger partial charge in [0.2, 0.25) is 5.91 Å². The zero-order valence-corrected chi connectivity index (χ0v) is 13.2. The number of carbonyl (C=O) groups excluding carboxylic acids is 1. The van der Waals surface area contributed by atoms with Crippen LogP contribution in [0, 0.1) is 0 Å². The minimum Gasteiger partial charge on any atom is -0.325 e. The summed E-state index contributed by atoms with van der Waals surface area (Å²) in [5.74, 6) is -0.0915. The Morgan fingerprint density at radius 1 is 1.05 bits per heavy atom. The van der Waals surface area contributed by atoms with Crippen molar-refractivity contribution in [2.24, 2.45) is 0 Å². The summed E-state index contributed by atoms with van der Waals surface area (Å²) in [4.78, 5) is 12.3. The lowest BCUT2D eigenvalue weighted by molar-refractivity contribution is -0.117. The molecule has 2 aromatic carbocycles. The van der Waals surface area contributed by atoms with Gasteiger partial charge in [-0.15, -0.1) is 0 Å². The minimum atomic E-state index is -0.306. The maximum Gasteiger partial charge on any atom is 0.242 e. The summed E-state index contributed by atoms with van der Waals surface area (Å²) in [5.41, 5.74) is 7.95. The van der Waals surface area contributed by atoms with E-state index in [4.69, 9.17) is 23.2 Å². The van der Waals surface area contributed by atoms with Gasteiger partial charge in [0.1, 0.15) is 6.04 Å². The van der Waals surface area contributed by atoms with E-state index in [0.29, 0.717) is 22.2 Å². The van der Waals surface area contributed by atoms with Gasteiger partial charge >= 0.3 is 0 Å². The molecule has 3 N–H and O–H groups in total. The van der Waals surface area contributed by atoms with Crippen LogP contribution >= 0.6 is 23.2 Å². The fourth-order valence-electron chi connectivity index (χ4n) is 2.44. The van der Waals surface area contributed by atoms with Gasteiger partial charge in [-0.05, 0) is 42.3 Å². The number of benzene rings is 2. The van der Waals surface area contributed by atoms with Gasteiger partial charge in [-0.25, -0.2) is 10.9 Å². The van der Waals surface area contributed by atoms with Gasteiger partial charge in [0, 0.05) is 21.8 Å². The van der Waals surface area contributed by atoms with E-state index in [-0.39, 0.29) is 18.0 Å².